The fourth-order valence-corrected chi connectivity index (χ4v) is 2.91. The van der Waals surface area contributed by atoms with E-state index in [0.717, 1.165) is 16.4 Å². The van der Waals surface area contributed by atoms with Gasteiger partial charge in [0.2, 0.25) is 0 Å². The third kappa shape index (κ3) is 2.24. The van der Waals surface area contributed by atoms with E-state index in [0.29, 0.717) is 10.1 Å². The second-order valence-corrected chi connectivity index (χ2v) is 5.12. The van der Waals surface area contributed by atoms with Gasteiger partial charge in [0.25, 0.3) is 0 Å². The number of aliphatic imine (C=N–C) groups is 1. The molecule has 1 aromatic carbocycles. The molecule has 2 N–H and O–H groups in total. The summed E-state index contributed by atoms with van der Waals surface area (Å²) in [6, 6.07) is 7.31. The molecule has 6 heteroatoms. The van der Waals surface area contributed by atoms with E-state index in [1.807, 2.05) is 24.3 Å². The van der Waals surface area contributed by atoms with Gasteiger partial charge in [0, 0.05) is 0 Å². The second-order valence-electron chi connectivity index (χ2n) is 3.14. The Bertz CT molecular complexity index is 430. The van der Waals surface area contributed by atoms with Crippen molar-refractivity contribution in [2.75, 3.05) is 7.11 Å². The molecule has 0 bridgehead atoms. The van der Waals surface area contributed by atoms with E-state index in [-0.39, 0.29) is 20.9 Å². The molecule has 0 aromatic heterocycles. The maximum atomic E-state index is 11.2. The average molecular weight is 284 g/mol. The van der Waals surface area contributed by atoms with E-state index < -0.39 is 0 Å². The summed E-state index contributed by atoms with van der Waals surface area (Å²) < 4.78 is 5.71. The molecule has 0 saturated carbocycles. The molecule has 0 spiro atoms. The van der Waals surface area contributed by atoms with E-state index >= 15 is 0 Å². The van der Waals surface area contributed by atoms with Crippen LogP contribution in [-0.2, 0) is 4.79 Å². The number of nitrogens with two attached hydrogens (primary N) is 1. The number of ether oxygens (including phenoxy) is 1. The standard InChI is InChI=1S/C10H11N3O2Se/c1-15-8-4-2-7(3-5-8)12-10-13(11)9(14)6-16-10/h2-5H,6,11H2,1H3. The molecule has 0 atom stereocenters. The summed E-state index contributed by atoms with van der Waals surface area (Å²) in [4.78, 5) is 15.5. The summed E-state index contributed by atoms with van der Waals surface area (Å²) >= 11 is 0.0474. The molecule has 16 heavy (non-hydrogen) atoms. The van der Waals surface area contributed by atoms with Crippen molar-refractivity contribution in [2.45, 2.75) is 5.32 Å². The molecular formula is C10H11N3O2Se. The predicted molar refractivity (Wildman–Crippen MR) is 61.7 cm³/mol. The molecule has 0 radical (unpaired) electrons. The third-order valence-corrected chi connectivity index (χ3v) is 4.06. The van der Waals surface area contributed by atoms with Gasteiger partial charge in [-0.25, -0.2) is 0 Å². The fourth-order valence-electron chi connectivity index (χ4n) is 1.23. The van der Waals surface area contributed by atoms with Gasteiger partial charge in [-0.05, 0) is 0 Å². The zero-order chi connectivity index (χ0) is 11.5. The van der Waals surface area contributed by atoms with Gasteiger partial charge >= 0.3 is 99.1 Å². The van der Waals surface area contributed by atoms with Crippen molar-refractivity contribution in [3.63, 3.8) is 0 Å². The Hall–Kier alpha value is -1.36. The molecule has 5 nitrogen and oxygen atoms in total. The number of nitrogens with zero attached hydrogens (tertiary/aromatic N) is 2. The molecule has 1 amide bonds. The van der Waals surface area contributed by atoms with Crippen LogP contribution in [0, 0.1) is 0 Å². The van der Waals surface area contributed by atoms with Gasteiger partial charge in [-0.1, -0.05) is 0 Å². The normalized spacial score (nSPS) is 18.2. The minimum atomic E-state index is -0.0627. The number of methoxy groups -OCH3 is 1. The van der Waals surface area contributed by atoms with Crippen molar-refractivity contribution >= 4 is 31.3 Å². The van der Waals surface area contributed by atoms with Crippen LogP contribution in [0.4, 0.5) is 5.69 Å². The molecule has 1 aliphatic heterocycles. The first-order chi connectivity index (χ1) is 7.70. The van der Waals surface area contributed by atoms with Crippen LogP contribution in [0.5, 0.6) is 5.75 Å². The van der Waals surface area contributed by atoms with Crippen molar-refractivity contribution in [1.82, 2.24) is 5.01 Å². The molecule has 0 aliphatic carbocycles. The number of benzene rings is 1. The summed E-state index contributed by atoms with van der Waals surface area (Å²) in [5, 5.41) is 1.64. The van der Waals surface area contributed by atoms with Crippen molar-refractivity contribution in [3.05, 3.63) is 24.3 Å². The van der Waals surface area contributed by atoms with E-state index in [9.17, 15) is 4.79 Å². The molecule has 1 aromatic rings. The monoisotopic (exact) mass is 285 g/mol. The van der Waals surface area contributed by atoms with Gasteiger partial charge in [0.15, 0.2) is 0 Å². The number of hydrogen-bond donors (Lipinski definition) is 1. The predicted octanol–water partition coefficient (Wildman–Crippen LogP) is 0.521. The van der Waals surface area contributed by atoms with Crippen LogP contribution in [0.1, 0.15) is 0 Å². The van der Waals surface area contributed by atoms with Crippen molar-refractivity contribution < 1.29 is 9.53 Å². The number of amidine groups is 1. The fraction of sp³-hybridized carbons (Fsp3) is 0.200. The summed E-state index contributed by atoms with van der Waals surface area (Å²) in [6.45, 7) is 0. The Morgan fingerprint density at radius 3 is 2.62 bits per heavy atom. The molecule has 84 valence electrons. The molecule has 1 fully saturated rings. The first-order valence-electron chi connectivity index (χ1n) is 4.64. The molecule has 1 heterocycles. The number of amides is 1. The van der Waals surface area contributed by atoms with Gasteiger partial charge in [-0.15, -0.1) is 0 Å². The van der Waals surface area contributed by atoms with Gasteiger partial charge in [-0.3, -0.25) is 0 Å². The number of carbonyl (C=O) groups excluding carboxylic acids is 1. The van der Waals surface area contributed by atoms with Gasteiger partial charge in [0.1, 0.15) is 0 Å². The number of hydrazine groups is 1. The quantitative estimate of drug-likeness (QED) is 0.489. The van der Waals surface area contributed by atoms with Gasteiger partial charge < -0.3 is 0 Å². The molecule has 2 rings (SSSR count). The summed E-state index contributed by atoms with van der Waals surface area (Å²) in [5.74, 6) is 6.29. The summed E-state index contributed by atoms with van der Waals surface area (Å²) in [7, 11) is 1.61. The number of carbonyl (C=O) groups is 1. The summed E-state index contributed by atoms with van der Waals surface area (Å²) in [5.41, 5.74) is 0.780. The van der Waals surface area contributed by atoms with Crippen molar-refractivity contribution in [3.8, 4) is 5.75 Å². The Balaban J connectivity index is 2.19. The zero-order valence-electron chi connectivity index (χ0n) is 8.71. The van der Waals surface area contributed by atoms with Crippen LogP contribution in [0.3, 0.4) is 0 Å². The van der Waals surface area contributed by atoms with Crippen molar-refractivity contribution in [1.29, 1.82) is 0 Å². The van der Waals surface area contributed by atoms with E-state index in [4.69, 9.17) is 10.6 Å². The van der Waals surface area contributed by atoms with E-state index in [1.165, 1.54) is 0 Å². The van der Waals surface area contributed by atoms with Crippen LogP contribution in [0.15, 0.2) is 29.3 Å². The van der Waals surface area contributed by atoms with Gasteiger partial charge in [0.05, 0.1) is 0 Å². The zero-order valence-corrected chi connectivity index (χ0v) is 10.4. The van der Waals surface area contributed by atoms with E-state index in [2.05, 4.69) is 4.99 Å². The Morgan fingerprint density at radius 2 is 2.12 bits per heavy atom. The van der Waals surface area contributed by atoms with Crippen LogP contribution < -0.4 is 10.6 Å². The van der Waals surface area contributed by atoms with Crippen molar-refractivity contribution in [2.24, 2.45) is 10.8 Å². The number of rotatable bonds is 2. The SMILES string of the molecule is COc1ccc(N=C2[Se]CC(=O)N2N)cc1. The second kappa shape index (κ2) is 4.65. The van der Waals surface area contributed by atoms with Crippen LogP contribution in [-0.4, -0.2) is 37.7 Å². The number of hydrogen-bond acceptors (Lipinski definition) is 4. The van der Waals surface area contributed by atoms with Gasteiger partial charge in [-0.2, -0.15) is 0 Å². The third-order valence-electron chi connectivity index (χ3n) is 2.10. The average Bonchev–Trinajstić information content (AvgIpc) is 2.62. The van der Waals surface area contributed by atoms with E-state index in [1.54, 1.807) is 7.11 Å². The molecule has 0 unspecified atom stereocenters. The maximum absolute atomic E-state index is 11.2. The Labute approximate surface area is 99.4 Å². The summed E-state index contributed by atoms with van der Waals surface area (Å²) in [6.07, 6.45) is 0. The molecule has 1 aliphatic rings. The Morgan fingerprint density at radius 1 is 1.44 bits per heavy atom. The molecular weight excluding hydrogens is 273 g/mol. The topological polar surface area (TPSA) is 67.9 Å². The molecule has 1 saturated heterocycles. The van der Waals surface area contributed by atoms with Crippen LogP contribution in [0.2, 0.25) is 5.32 Å². The first kappa shape index (κ1) is 11.1. The van der Waals surface area contributed by atoms with Crippen LogP contribution in [0.25, 0.3) is 0 Å². The first-order valence-corrected chi connectivity index (χ1v) is 6.70. The minimum absolute atomic E-state index is 0.0474. The Kier molecular flexibility index (Phi) is 3.24. The van der Waals surface area contributed by atoms with Crippen LogP contribution >= 0.6 is 0 Å².